The second kappa shape index (κ2) is 7.36. The van der Waals surface area contributed by atoms with Crippen LogP contribution in [0.4, 0.5) is 0 Å². The molecule has 3 nitrogen and oxygen atoms in total. The van der Waals surface area contributed by atoms with Crippen molar-refractivity contribution in [1.82, 2.24) is 5.32 Å². The number of aryl methyl sites for hydroxylation is 1. The van der Waals surface area contributed by atoms with Crippen LogP contribution in [-0.4, -0.2) is 16.9 Å². The van der Waals surface area contributed by atoms with Crippen LogP contribution in [0.25, 0.3) is 0 Å². The minimum absolute atomic E-state index is 0.120. The van der Waals surface area contributed by atoms with E-state index in [0.717, 1.165) is 22.9 Å². The van der Waals surface area contributed by atoms with E-state index in [1.807, 2.05) is 25.1 Å². The molecule has 1 amide bonds. The summed E-state index contributed by atoms with van der Waals surface area (Å²) in [5, 5.41) is 3.03. The summed E-state index contributed by atoms with van der Waals surface area (Å²) < 4.78 is 0.797. The van der Waals surface area contributed by atoms with Crippen molar-refractivity contribution in [2.45, 2.75) is 45.1 Å². The van der Waals surface area contributed by atoms with E-state index >= 15 is 0 Å². The van der Waals surface area contributed by atoms with Gasteiger partial charge in [-0.1, -0.05) is 37.5 Å². The first kappa shape index (κ1) is 16.4. The second-order valence-corrected chi connectivity index (χ2v) is 7.06. The van der Waals surface area contributed by atoms with Crippen molar-refractivity contribution in [3.05, 3.63) is 33.8 Å². The molecule has 1 aromatic carbocycles. The van der Waals surface area contributed by atoms with Crippen LogP contribution < -0.4 is 11.1 Å². The Bertz CT molecular complexity index is 541. The number of amides is 1. The van der Waals surface area contributed by atoms with E-state index in [1.54, 1.807) is 0 Å². The van der Waals surface area contributed by atoms with Crippen molar-refractivity contribution in [1.29, 1.82) is 0 Å². The maximum Gasteiger partial charge on any atom is 0.252 e. The van der Waals surface area contributed by atoms with E-state index < -0.39 is 0 Å². The van der Waals surface area contributed by atoms with E-state index in [4.69, 9.17) is 18.0 Å². The Morgan fingerprint density at radius 2 is 2.05 bits per heavy atom. The van der Waals surface area contributed by atoms with Crippen molar-refractivity contribution < 1.29 is 4.79 Å². The number of carbonyl (C=O) groups is 1. The van der Waals surface area contributed by atoms with E-state index in [1.165, 1.54) is 19.3 Å². The highest BCUT2D eigenvalue weighted by molar-refractivity contribution is 9.10. The number of rotatable bonds is 4. The topological polar surface area (TPSA) is 55.1 Å². The standard InChI is InChI=1S/C16H21BrN2OS/c1-10-7-8-12(13(17)9-10)16(20)19-14(15(18)21)11-5-3-2-4-6-11/h7-9,11,14H,2-6H2,1H3,(H2,18,21)(H,19,20). The third-order valence-corrected chi connectivity index (χ3v) is 4.99. The van der Waals surface area contributed by atoms with E-state index in [2.05, 4.69) is 21.2 Å². The third-order valence-electron chi connectivity index (χ3n) is 4.08. The molecule has 0 radical (unpaired) electrons. The Labute approximate surface area is 139 Å². The Hall–Kier alpha value is -0.940. The van der Waals surface area contributed by atoms with Crippen LogP contribution in [0, 0.1) is 12.8 Å². The van der Waals surface area contributed by atoms with Crippen LogP contribution in [0.1, 0.15) is 48.0 Å². The van der Waals surface area contributed by atoms with Gasteiger partial charge < -0.3 is 11.1 Å². The summed E-state index contributed by atoms with van der Waals surface area (Å²) in [5.74, 6) is 0.245. The van der Waals surface area contributed by atoms with Gasteiger partial charge in [0.2, 0.25) is 0 Å². The molecule has 1 fully saturated rings. The van der Waals surface area contributed by atoms with Gasteiger partial charge in [-0.15, -0.1) is 0 Å². The number of nitrogens with one attached hydrogen (secondary N) is 1. The number of thiocarbonyl (C=S) groups is 1. The molecule has 0 saturated heterocycles. The van der Waals surface area contributed by atoms with Crippen molar-refractivity contribution in [2.75, 3.05) is 0 Å². The van der Waals surface area contributed by atoms with Gasteiger partial charge in [-0.25, -0.2) is 0 Å². The van der Waals surface area contributed by atoms with Crippen LogP contribution in [0.2, 0.25) is 0 Å². The predicted octanol–water partition coefficient (Wildman–Crippen LogP) is 3.72. The van der Waals surface area contributed by atoms with Crippen molar-refractivity contribution in [3.8, 4) is 0 Å². The van der Waals surface area contributed by atoms with Gasteiger partial charge in [0, 0.05) is 4.47 Å². The Kier molecular flexibility index (Phi) is 5.76. The molecule has 114 valence electrons. The smallest absolute Gasteiger partial charge is 0.252 e. The lowest BCUT2D eigenvalue weighted by atomic mass is 9.83. The minimum Gasteiger partial charge on any atom is -0.392 e. The first-order valence-corrected chi connectivity index (χ1v) is 8.55. The molecule has 3 N–H and O–H groups in total. The van der Waals surface area contributed by atoms with Crippen LogP contribution in [-0.2, 0) is 0 Å². The fourth-order valence-corrected chi connectivity index (χ4v) is 3.84. The summed E-state index contributed by atoms with van der Waals surface area (Å²) in [6.07, 6.45) is 5.80. The highest BCUT2D eigenvalue weighted by Gasteiger charge is 2.27. The largest absolute Gasteiger partial charge is 0.392 e. The van der Waals surface area contributed by atoms with Gasteiger partial charge in [0.05, 0.1) is 16.6 Å². The molecule has 1 aliphatic rings. The number of hydrogen-bond donors (Lipinski definition) is 2. The average Bonchev–Trinajstić information content (AvgIpc) is 2.45. The van der Waals surface area contributed by atoms with E-state index in [9.17, 15) is 4.79 Å². The molecule has 0 bridgehead atoms. The highest BCUT2D eigenvalue weighted by atomic mass is 79.9. The second-order valence-electron chi connectivity index (χ2n) is 5.73. The quantitative estimate of drug-likeness (QED) is 0.796. The Morgan fingerprint density at radius 3 is 2.62 bits per heavy atom. The minimum atomic E-state index is -0.207. The molecular formula is C16H21BrN2OS. The molecule has 1 atom stereocenters. The molecular weight excluding hydrogens is 348 g/mol. The number of nitrogens with two attached hydrogens (primary N) is 1. The van der Waals surface area contributed by atoms with Crippen molar-refractivity contribution >= 4 is 39.0 Å². The number of halogens is 1. The van der Waals surface area contributed by atoms with Gasteiger partial charge in [0.1, 0.15) is 0 Å². The van der Waals surface area contributed by atoms with Crippen LogP contribution >= 0.6 is 28.1 Å². The van der Waals surface area contributed by atoms with E-state index in [-0.39, 0.29) is 11.9 Å². The van der Waals surface area contributed by atoms with Gasteiger partial charge in [-0.05, 0) is 59.3 Å². The van der Waals surface area contributed by atoms with E-state index in [0.29, 0.717) is 16.5 Å². The van der Waals surface area contributed by atoms with Crippen LogP contribution in [0.15, 0.2) is 22.7 Å². The molecule has 1 aromatic rings. The lowest BCUT2D eigenvalue weighted by Crippen LogP contribution is -2.48. The molecule has 2 rings (SSSR count). The summed E-state index contributed by atoms with van der Waals surface area (Å²) in [4.78, 5) is 12.9. The maximum absolute atomic E-state index is 12.5. The Morgan fingerprint density at radius 1 is 1.38 bits per heavy atom. The lowest BCUT2D eigenvalue weighted by Gasteiger charge is -2.30. The summed E-state index contributed by atoms with van der Waals surface area (Å²) in [6.45, 7) is 1.99. The molecule has 0 spiro atoms. The molecule has 1 aliphatic carbocycles. The lowest BCUT2D eigenvalue weighted by molar-refractivity contribution is 0.0931. The first-order chi connectivity index (χ1) is 9.99. The number of carbonyl (C=O) groups excluding carboxylic acids is 1. The van der Waals surface area contributed by atoms with Crippen LogP contribution in [0.3, 0.4) is 0 Å². The van der Waals surface area contributed by atoms with Gasteiger partial charge in [-0.2, -0.15) is 0 Å². The van der Waals surface area contributed by atoms with Gasteiger partial charge >= 0.3 is 0 Å². The third kappa shape index (κ3) is 4.27. The number of benzene rings is 1. The normalized spacial score (nSPS) is 17.2. The van der Waals surface area contributed by atoms with Crippen LogP contribution in [0.5, 0.6) is 0 Å². The fourth-order valence-electron chi connectivity index (χ4n) is 2.91. The summed E-state index contributed by atoms with van der Waals surface area (Å²) >= 11 is 8.62. The summed E-state index contributed by atoms with van der Waals surface area (Å²) in [5.41, 5.74) is 7.59. The average molecular weight is 369 g/mol. The monoisotopic (exact) mass is 368 g/mol. The molecule has 21 heavy (non-hydrogen) atoms. The van der Waals surface area contributed by atoms with Gasteiger partial charge in [0.15, 0.2) is 0 Å². The molecule has 0 aliphatic heterocycles. The highest BCUT2D eigenvalue weighted by Crippen LogP contribution is 2.27. The number of hydrogen-bond acceptors (Lipinski definition) is 2. The molecule has 5 heteroatoms. The molecule has 1 saturated carbocycles. The summed E-state index contributed by atoms with van der Waals surface area (Å²) in [7, 11) is 0. The molecule has 1 unspecified atom stereocenters. The van der Waals surface area contributed by atoms with Crippen molar-refractivity contribution in [3.63, 3.8) is 0 Å². The zero-order valence-electron chi connectivity index (χ0n) is 12.2. The fraction of sp³-hybridized carbons (Fsp3) is 0.500. The SMILES string of the molecule is Cc1ccc(C(=O)NC(C(N)=S)C2CCCCC2)c(Br)c1. The Balaban J connectivity index is 2.12. The molecule has 0 aromatic heterocycles. The van der Waals surface area contributed by atoms with Crippen molar-refractivity contribution in [2.24, 2.45) is 11.7 Å². The zero-order chi connectivity index (χ0) is 15.4. The zero-order valence-corrected chi connectivity index (χ0v) is 14.6. The molecule has 0 heterocycles. The summed E-state index contributed by atoms with van der Waals surface area (Å²) in [6, 6.07) is 5.48. The van der Waals surface area contributed by atoms with Gasteiger partial charge in [0.25, 0.3) is 5.91 Å². The van der Waals surface area contributed by atoms with Gasteiger partial charge in [-0.3, -0.25) is 4.79 Å². The maximum atomic E-state index is 12.5. The predicted molar refractivity (Wildman–Crippen MR) is 93.5 cm³/mol. The first-order valence-electron chi connectivity index (χ1n) is 7.35.